The molecule has 2 N–H and O–H groups in total. The second-order valence-corrected chi connectivity index (χ2v) is 3.83. The number of benzene rings is 1. The van der Waals surface area contributed by atoms with Crippen molar-refractivity contribution in [1.82, 2.24) is 25.0 Å². The molecule has 7 nitrogen and oxygen atoms in total. The van der Waals surface area contributed by atoms with E-state index in [9.17, 15) is 4.79 Å². The normalized spacial score (nSPS) is 10.3. The lowest BCUT2D eigenvalue weighted by molar-refractivity contribution is 0.102. The summed E-state index contributed by atoms with van der Waals surface area (Å²) in [6.45, 7) is 0. The SMILES string of the molecule is O=C(Nc1ccc(-n2ccnc2)cc1)c1cn[nH]n1. The van der Waals surface area contributed by atoms with Crippen LogP contribution >= 0.6 is 0 Å². The largest absolute Gasteiger partial charge is 0.321 e. The molecule has 0 bridgehead atoms. The fraction of sp³-hybridized carbons (Fsp3) is 0. The fourth-order valence-electron chi connectivity index (χ4n) is 1.63. The second-order valence-electron chi connectivity index (χ2n) is 3.83. The number of amides is 1. The molecule has 0 aliphatic carbocycles. The van der Waals surface area contributed by atoms with Crippen LogP contribution in [0.25, 0.3) is 5.69 Å². The minimum absolute atomic E-state index is 0.249. The Morgan fingerprint density at radius 2 is 2.11 bits per heavy atom. The van der Waals surface area contributed by atoms with E-state index in [2.05, 4.69) is 25.7 Å². The van der Waals surface area contributed by atoms with Crippen LogP contribution in [0, 0.1) is 0 Å². The number of hydrogen-bond donors (Lipinski definition) is 2. The van der Waals surface area contributed by atoms with Gasteiger partial charge in [0, 0.05) is 23.8 Å². The molecule has 94 valence electrons. The summed E-state index contributed by atoms with van der Waals surface area (Å²) in [7, 11) is 0. The topological polar surface area (TPSA) is 88.5 Å². The van der Waals surface area contributed by atoms with Gasteiger partial charge >= 0.3 is 0 Å². The first-order valence-corrected chi connectivity index (χ1v) is 5.58. The first-order chi connectivity index (χ1) is 9.33. The van der Waals surface area contributed by atoms with Crippen molar-refractivity contribution in [2.24, 2.45) is 0 Å². The Bertz CT molecular complexity index is 657. The maximum atomic E-state index is 11.7. The van der Waals surface area contributed by atoms with Gasteiger partial charge in [-0.2, -0.15) is 15.4 Å². The molecule has 3 aromatic rings. The number of carbonyl (C=O) groups is 1. The Morgan fingerprint density at radius 1 is 1.26 bits per heavy atom. The van der Waals surface area contributed by atoms with Crippen LogP contribution in [-0.2, 0) is 0 Å². The van der Waals surface area contributed by atoms with Crippen molar-refractivity contribution in [3.63, 3.8) is 0 Å². The Hall–Kier alpha value is -2.96. The van der Waals surface area contributed by atoms with E-state index in [0.717, 1.165) is 5.69 Å². The Balaban J connectivity index is 1.75. The van der Waals surface area contributed by atoms with Crippen molar-refractivity contribution in [1.29, 1.82) is 0 Å². The summed E-state index contributed by atoms with van der Waals surface area (Å²) in [6.07, 6.45) is 6.64. The number of rotatable bonds is 3. The molecule has 0 fully saturated rings. The lowest BCUT2D eigenvalue weighted by atomic mass is 10.2. The van der Waals surface area contributed by atoms with Gasteiger partial charge in [0.25, 0.3) is 5.91 Å². The number of nitrogens with zero attached hydrogens (tertiary/aromatic N) is 4. The monoisotopic (exact) mass is 254 g/mol. The number of imidazole rings is 1. The molecule has 2 aromatic heterocycles. The molecule has 0 unspecified atom stereocenters. The molecule has 0 radical (unpaired) electrons. The van der Waals surface area contributed by atoms with Crippen molar-refractivity contribution in [2.45, 2.75) is 0 Å². The van der Waals surface area contributed by atoms with Crippen LogP contribution in [-0.4, -0.2) is 30.9 Å². The van der Waals surface area contributed by atoms with Gasteiger partial charge in [-0.15, -0.1) is 0 Å². The number of carbonyl (C=O) groups excluding carboxylic acids is 1. The number of H-pyrrole nitrogens is 1. The van der Waals surface area contributed by atoms with E-state index in [0.29, 0.717) is 5.69 Å². The van der Waals surface area contributed by atoms with Crippen molar-refractivity contribution in [3.05, 3.63) is 54.9 Å². The van der Waals surface area contributed by atoms with E-state index in [1.807, 2.05) is 35.0 Å². The van der Waals surface area contributed by atoms with Gasteiger partial charge in [0.05, 0.1) is 12.5 Å². The zero-order valence-corrected chi connectivity index (χ0v) is 9.82. The molecule has 0 atom stereocenters. The lowest BCUT2D eigenvalue weighted by Crippen LogP contribution is -2.12. The molecular formula is C12H10N6O. The van der Waals surface area contributed by atoms with Gasteiger partial charge in [0.2, 0.25) is 0 Å². The molecule has 7 heteroatoms. The maximum Gasteiger partial charge on any atom is 0.277 e. The summed E-state index contributed by atoms with van der Waals surface area (Å²) in [4.78, 5) is 15.7. The molecule has 0 spiro atoms. The standard InChI is InChI=1S/C12H10N6O/c19-12(11-7-14-17-16-11)15-9-1-3-10(4-2-9)18-6-5-13-8-18/h1-8H,(H,15,19)(H,14,16,17). The third kappa shape index (κ3) is 2.34. The minimum Gasteiger partial charge on any atom is -0.321 e. The molecule has 1 amide bonds. The van der Waals surface area contributed by atoms with E-state index < -0.39 is 0 Å². The zero-order chi connectivity index (χ0) is 13.1. The quantitative estimate of drug-likeness (QED) is 0.736. The third-order valence-corrected chi connectivity index (χ3v) is 2.58. The molecular weight excluding hydrogens is 244 g/mol. The first kappa shape index (κ1) is 11.1. The van der Waals surface area contributed by atoms with Crippen LogP contribution in [0.2, 0.25) is 0 Å². The van der Waals surface area contributed by atoms with Crippen LogP contribution in [0.15, 0.2) is 49.2 Å². The highest BCUT2D eigenvalue weighted by Crippen LogP contribution is 2.13. The number of nitrogens with one attached hydrogen (secondary N) is 2. The molecule has 0 saturated heterocycles. The van der Waals surface area contributed by atoms with Crippen LogP contribution in [0.5, 0.6) is 0 Å². The van der Waals surface area contributed by atoms with Gasteiger partial charge in [-0.25, -0.2) is 4.98 Å². The maximum absolute atomic E-state index is 11.7. The summed E-state index contributed by atoms with van der Waals surface area (Å²) < 4.78 is 1.88. The van der Waals surface area contributed by atoms with Crippen molar-refractivity contribution < 1.29 is 4.79 Å². The van der Waals surface area contributed by atoms with E-state index in [1.165, 1.54) is 6.20 Å². The van der Waals surface area contributed by atoms with Crippen LogP contribution in [0.1, 0.15) is 10.5 Å². The number of hydrogen-bond acceptors (Lipinski definition) is 4. The smallest absolute Gasteiger partial charge is 0.277 e. The summed E-state index contributed by atoms with van der Waals surface area (Å²) in [6, 6.07) is 7.40. The highest BCUT2D eigenvalue weighted by Gasteiger charge is 2.08. The van der Waals surface area contributed by atoms with Crippen LogP contribution < -0.4 is 5.32 Å². The summed E-state index contributed by atoms with van der Waals surface area (Å²) >= 11 is 0. The highest BCUT2D eigenvalue weighted by molar-refractivity contribution is 6.02. The zero-order valence-electron chi connectivity index (χ0n) is 9.82. The number of anilines is 1. The number of aromatic amines is 1. The van der Waals surface area contributed by atoms with Gasteiger partial charge in [-0.1, -0.05) is 0 Å². The Labute approximate surface area is 108 Å². The molecule has 19 heavy (non-hydrogen) atoms. The van der Waals surface area contributed by atoms with Crippen molar-refractivity contribution in [3.8, 4) is 5.69 Å². The van der Waals surface area contributed by atoms with Crippen molar-refractivity contribution in [2.75, 3.05) is 5.32 Å². The van der Waals surface area contributed by atoms with Gasteiger partial charge in [0.1, 0.15) is 0 Å². The summed E-state index contributed by atoms with van der Waals surface area (Å²) in [5.74, 6) is -0.302. The fourth-order valence-corrected chi connectivity index (χ4v) is 1.63. The van der Waals surface area contributed by atoms with E-state index in [1.54, 1.807) is 12.5 Å². The van der Waals surface area contributed by atoms with Gasteiger partial charge < -0.3 is 9.88 Å². The molecule has 0 saturated carbocycles. The third-order valence-electron chi connectivity index (χ3n) is 2.58. The predicted octanol–water partition coefficient (Wildman–Crippen LogP) is 1.24. The first-order valence-electron chi connectivity index (χ1n) is 5.58. The molecule has 2 heterocycles. The van der Waals surface area contributed by atoms with E-state index in [-0.39, 0.29) is 11.6 Å². The van der Waals surface area contributed by atoms with E-state index >= 15 is 0 Å². The highest BCUT2D eigenvalue weighted by atomic mass is 16.2. The van der Waals surface area contributed by atoms with Gasteiger partial charge in [-0.05, 0) is 24.3 Å². The van der Waals surface area contributed by atoms with Gasteiger partial charge in [-0.3, -0.25) is 4.79 Å². The predicted molar refractivity (Wildman–Crippen MR) is 67.9 cm³/mol. The average molecular weight is 254 g/mol. The summed E-state index contributed by atoms with van der Waals surface area (Å²) in [5.41, 5.74) is 1.91. The molecule has 3 rings (SSSR count). The average Bonchev–Trinajstić information content (AvgIpc) is 3.13. The molecule has 0 aliphatic heterocycles. The Morgan fingerprint density at radius 3 is 2.74 bits per heavy atom. The van der Waals surface area contributed by atoms with Crippen LogP contribution in [0.4, 0.5) is 5.69 Å². The van der Waals surface area contributed by atoms with Gasteiger partial charge in [0.15, 0.2) is 5.69 Å². The number of aromatic nitrogens is 5. The lowest BCUT2D eigenvalue weighted by Gasteiger charge is -2.05. The van der Waals surface area contributed by atoms with Crippen molar-refractivity contribution >= 4 is 11.6 Å². The van der Waals surface area contributed by atoms with E-state index in [4.69, 9.17) is 0 Å². The molecule has 1 aromatic carbocycles. The Kier molecular flexibility index (Phi) is 2.77. The molecule has 0 aliphatic rings. The second kappa shape index (κ2) is 4.73. The summed E-state index contributed by atoms with van der Waals surface area (Å²) in [5, 5.41) is 12.4. The minimum atomic E-state index is -0.302. The van der Waals surface area contributed by atoms with Crippen LogP contribution in [0.3, 0.4) is 0 Å².